The molecule has 3 nitrogen and oxygen atoms in total. The van der Waals surface area contributed by atoms with Crippen molar-refractivity contribution >= 4 is 46.0 Å². The van der Waals surface area contributed by atoms with Crippen LogP contribution in [0, 0.1) is 0 Å². The number of hydrogen-bond acceptors (Lipinski definition) is 4. The third-order valence-corrected chi connectivity index (χ3v) is 3.88. The van der Waals surface area contributed by atoms with Gasteiger partial charge in [0.15, 0.2) is 0 Å². The van der Waals surface area contributed by atoms with Gasteiger partial charge in [0, 0.05) is 23.2 Å². The highest BCUT2D eigenvalue weighted by Gasteiger charge is 2.01. The predicted octanol–water partition coefficient (Wildman–Crippen LogP) is 3.09. The quantitative estimate of drug-likeness (QED) is 0.833. The summed E-state index contributed by atoms with van der Waals surface area (Å²) in [5.41, 5.74) is 6.39. The number of rotatable bonds is 5. The smallest absolute Gasteiger partial charge is 0.126 e. The summed E-state index contributed by atoms with van der Waals surface area (Å²) in [4.78, 5) is 5.84. The minimum absolute atomic E-state index is 0.380. The molecule has 0 fully saturated rings. The van der Waals surface area contributed by atoms with Crippen LogP contribution in [0.3, 0.4) is 0 Å². The van der Waals surface area contributed by atoms with Crippen LogP contribution in [0.2, 0.25) is 4.34 Å². The number of nitrogens with zero attached hydrogens (tertiary/aromatic N) is 1. The van der Waals surface area contributed by atoms with E-state index in [9.17, 15) is 0 Å². The SMILES string of the molecule is NC(=S)c1ccnc(NCCc2ccc(Cl)s2)c1. The Morgan fingerprint density at radius 2 is 2.28 bits per heavy atom. The van der Waals surface area contributed by atoms with E-state index in [-0.39, 0.29) is 0 Å². The molecule has 0 aliphatic rings. The van der Waals surface area contributed by atoms with Gasteiger partial charge < -0.3 is 11.1 Å². The van der Waals surface area contributed by atoms with Crippen LogP contribution in [0.25, 0.3) is 0 Å². The fourth-order valence-electron chi connectivity index (χ4n) is 1.48. The van der Waals surface area contributed by atoms with Gasteiger partial charge >= 0.3 is 0 Å². The van der Waals surface area contributed by atoms with Crippen molar-refractivity contribution in [3.05, 3.63) is 45.2 Å². The molecular weight excluding hydrogens is 286 g/mol. The van der Waals surface area contributed by atoms with Crippen molar-refractivity contribution in [1.29, 1.82) is 0 Å². The van der Waals surface area contributed by atoms with Gasteiger partial charge in [-0.05, 0) is 30.7 Å². The molecule has 6 heteroatoms. The van der Waals surface area contributed by atoms with Gasteiger partial charge in [-0.1, -0.05) is 23.8 Å². The molecule has 94 valence electrons. The highest BCUT2D eigenvalue weighted by atomic mass is 35.5. The van der Waals surface area contributed by atoms with Crippen molar-refractivity contribution in [2.75, 3.05) is 11.9 Å². The summed E-state index contributed by atoms with van der Waals surface area (Å²) < 4.78 is 0.818. The van der Waals surface area contributed by atoms with E-state index in [1.807, 2.05) is 18.2 Å². The lowest BCUT2D eigenvalue weighted by molar-refractivity contribution is 1.03. The average molecular weight is 298 g/mol. The first-order valence-corrected chi connectivity index (χ1v) is 6.99. The van der Waals surface area contributed by atoms with E-state index in [0.29, 0.717) is 4.99 Å². The van der Waals surface area contributed by atoms with Gasteiger partial charge in [-0.2, -0.15) is 0 Å². The molecule has 0 spiro atoms. The second-order valence-corrected chi connectivity index (χ2v) is 5.92. The Balaban J connectivity index is 1.90. The first kappa shape index (κ1) is 13.3. The zero-order chi connectivity index (χ0) is 13.0. The van der Waals surface area contributed by atoms with Gasteiger partial charge in [-0.25, -0.2) is 4.98 Å². The van der Waals surface area contributed by atoms with Crippen molar-refractivity contribution in [2.45, 2.75) is 6.42 Å². The number of anilines is 1. The maximum atomic E-state index is 5.87. The Labute approximate surface area is 120 Å². The molecule has 2 rings (SSSR count). The Kier molecular flexibility index (Phi) is 4.52. The van der Waals surface area contributed by atoms with Gasteiger partial charge in [-0.3, -0.25) is 0 Å². The van der Waals surface area contributed by atoms with Crippen LogP contribution in [-0.2, 0) is 6.42 Å². The number of aromatic nitrogens is 1. The predicted molar refractivity (Wildman–Crippen MR) is 81.6 cm³/mol. The molecule has 0 atom stereocenters. The zero-order valence-corrected chi connectivity index (χ0v) is 11.9. The maximum absolute atomic E-state index is 5.87. The Bertz CT molecular complexity index is 554. The lowest BCUT2D eigenvalue weighted by atomic mass is 10.2. The topological polar surface area (TPSA) is 50.9 Å². The average Bonchev–Trinajstić information content (AvgIpc) is 2.75. The monoisotopic (exact) mass is 297 g/mol. The number of pyridine rings is 1. The number of nitrogens with two attached hydrogens (primary N) is 1. The molecule has 3 N–H and O–H groups in total. The van der Waals surface area contributed by atoms with Crippen LogP contribution in [-0.4, -0.2) is 16.5 Å². The molecule has 2 aromatic rings. The molecule has 0 amide bonds. The maximum Gasteiger partial charge on any atom is 0.126 e. The second kappa shape index (κ2) is 6.13. The lowest BCUT2D eigenvalue weighted by Crippen LogP contribution is -2.11. The minimum Gasteiger partial charge on any atom is -0.389 e. The van der Waals surface area contributed by atoms with E-state index in [2.05, 4.69) is 10.3 Å². The van der Waals surface area contributed by atoms with Crippen molar-refractivity contribution < 1.29 is 0 Å². The van der Waals surface area contributed by atoms with E-state index in [0.717, 1.165) is 28.7 Å². The fraction of sp³-hybridized carbons (Fsp3) is 0.167. The van der Waals surface area contributed by atoms with Crippen molar-refractivity contribution in [2.24, 2.45) is 5.73 Å². The molecule has 0 aliphatic carbocycles. The number of hydrogen-bond donors (Lipinski definition) is 2. The first-order chi connectivity index (χ1) is 8.65. The summed E-state index contributed by atoms with van der Waals surface area (Å²) >= 11 is 12.4. The summed E-state index contributed by atoms with van der Waals surface area (Å²) in [5.74, 6) is 0.781. The third kappa shape index (κ3) is 3.66. The Morgan fingerprint density at radius 1 is 1.44 bits per heavy atom. The van der Waals surface area contributed by atoms with Crippen molar-refractivity contribution in [1.82, 2.24) is 4.98 Å². The number of thiocarbonyl (C=S) groups is 1. The summed E-state index contributed by atoms with van der Waals surface area (Å²) in [6.07, 6.45) is 2.61. The van der Waals surface area contributed by atoms with Crippen molar-refractivity contribution in [3.63, 3.8) is 0 Å². The molecule has 0 saturated heterocycles. The zero-order valence-electron chi connectivity index (χ0n) is 9.52. The molecular formula is C12H12ClN3S2. The molecule has 0 unspecified atom stereocenters. The van der Waals surface area contributed by atoms with Crippen molar-refractivity contribution in [3.8, 4) is 0 Å². The summed E-state index contributed by atoms with van der Waals surface area (Å²) in [6, 6.07) is 7.59. The van der Waals surface area contributed by atoms with Crippen LogP contribution < -0.4 is 11.1 Å². The number of nitrogens with one attached hydrogen (secondary N) is 1. The lowest BCUT2D eigenvalue weighted by Gasteiger charge is -2.05. The van der Waals surface area contributed by atoms with E-state index < -0.39 is 0 Å². The van der Waals surface area contributed by atoms with Crippen LogP contribution in [0.4, 0.5) is 5.82 Å². The molecule has 0 aromatic carbocycles. The second-order valence-electron chi connectivity index (χ2n) is 3.68. The highest BCUT2D eigenvalue weighted by molar-refractivity contribution is 7.80. The molecule has 0 radical (unpaired) electrons. The summed E-state index contributed by atoms with van der Waals surface area (Å²) in [6.45, 7) is 0.796. The summed E-state index contributed by atoms with van der Waals surface area (Å²) in [7, 11) is 0. The summed E-state index contributed by atoms with van der Waals surface area (Å²) in [5, 5.41) is 3.23. The molecule has 0 aliphatic heterocycles. The van der Waals surface area contributed by atoms with Gasteiger partial charge in [0.2, 0.25) is 0 Å². The molecule has 2 heterocycles. The van der Waals surface area contributed by atoms with Crippen LogP contribution in [0.1, 0.15) is 10.4 Å². The largest absolute Gasteiger partial charge is 0.389 e. The standard InChI is InChI=1S/C12H12ClN3S2/c13-10-2-1-9(18-10)4-6-16-11-7-8(12(14)17)3-5-15-11/h1-3,5,7H,4,6H2,(H2,14,17)(H,15,16). The molecule has 0 saturated carbocycles. The van der Waals surface area contributed by atoms with Gasteiger partial charge in [0.05, 0.1) is 4.34 Å². The highest BCUT2D eigenvalue weighted by Crippen LogP contribution is 2.21. The normalized spacial score (nSPS) is 10.3. The van der Waals surface area contributed by atoms with E-state index in [1.54, 1.807) is 23.6 Å². The molecule has 0 bridgehead atoms. The minimum atomic E-state index is 0.380. The van der Waals surface area contributed by atoms with Gasteiger partial charge in [0.1, 0.15) is 10.8 Å². The van der Waals surface area contributed by atoms with E-state index in [1.165, 1.54) is 4.88 Å². The first-order valence-electron chi connectivity index (χ1n) is 5.39. The van der Waals surface area contributed by atoms with Crippen LogP contribution in [0.5, 0.6) is 0 Å². The van der Waals surface area contributed by atoms with E-state index >= 15 is 0 Å². The van der Waals surface area contributed by atoms with Gasteiger partial charge in [-0.15, -0.1) is 11.3 Å². The number of thiophene rings is 1. The Morgan fingerprint density at radius 3 is 2.94 bits per heavy atom. The number of halogens is 1. The Hall–Kier alpha value is -1.17. The van der Waals surface area contributed by atoms with Crippen LogP contribution in [0.15, 0.2) is 30.5 Å². The van der Waals surface area contributed by atoms with E-state index in [4.69, 9.17) is 29.6 Å². The fourth-order valence-corrected chi connectivity index (χ4v) is 2.69. The third-order valence-electron chi connectivity index (χ3n) is 2.35. The van der Waals surface area contributed by atoms with Gasteiger partial charge in [0.25, 0.3) is 0 Å². The van der Waals surface area contributed by atoms with Crippen LogP contribution >= 0.6 is 35.2 Å². The molecule has 18 heavy (non-hydrogen) atoms. The molecule has 2 aromatic heterocycles.